The molecule has 0 aliphatic heterocycles. The van der Waals surface area contributed by atoms with E-state index in [4.69, 9.17) is 19.0 Å². The molecular weight excluding hydrogens is 576 g/mol. The molecule has 1 rings (SSSR count). The van der Waals surface area contributed by atoms with Crippen LogP contribution in [0.2, 0.25) is 0 Å². The number of rotatable bonds is 18. The van der Waals surface area contributed by atoms with Gasteiger partial charge in [0.25, 0.3) is 0 Å². The van der Waals surface area contributed by atoms with Gasteiger partial charge in [0.1, 0.15) is 30.6 Å². The first kappa shape index (κ1) is 46.5. The number of ether oxygens (including phenoxy) is 3. The minimum Gasteiger partial charge on any atom is -0.462 e. The van der Waals surface area contributed by atoms with E-state index in [0.717, 1.165) is 11.3 Å². The van der Waals surface area contributed by atoms with Crippen LogP contribution in [0.15, 0.2) is 40.5 Å². The Morgan fingerprint density at radius 1 is 0.889 bits per heavy atom. The average Bonchev–Trinajstić information content (AvgIpc) is 3.00. The molecule has 45 heavy (non-hydrogen) atoms. The van der Waals surface area contributed by atoms with Crippen LogP contribution >= 0.6 is 0 Å². The maximum atomic E-state index is 12.3. The summed E-state index contributed by atoms with van der Waals surface area (Å²) in [7, 11) is 0. The highest BCUT2D eigenvalue weighted by Gasteiger charge is 2.25. The van der Waals surface area contributed by atoms with Gasteiger partial charge in [0.2, 0.25) is 5.91 Å². The molecule has 10 nitrogen and oxygen atoms in total. The highest BCUT2D eigenvalue weighted by molar-refractivity contribution is 5.98. The van der Waals surface area contributed by atoms with Crippen LogP contribution in [-0.4, -0.2) is 72.8 Å². The zero-order valence-corrected chi connectivity index (χ0v) is 30.1. The van der Waals surface area contributed by atoms with Gasteiger partial charge in [-0.2, -0.15) is 0 Å². The predicted molar refractivity (Wildman–Crippen MR) is 183 cm³/mol. The molecule has 1 N–H and O–H groups in total. The molecule has 1 amide bonds. The van der Waals surface area contributed by atoms with Crippen molar-refractivity contribution in [2.45, 2.75) is 115 Å². The number of aliphatic hydroxyl groups is 1. The molecule has 0 saturated heterocycles. The van der Waals surface area contributed by atoms with Gasteiger partial charge < -0.3 is 24.2 Å². The van der Waals surface area contributed by atoms with E-state index in [0.29, 0.717) is 18.7 Å². The summed E-state index contributed by atoms with van der Waals surface area (Å²) in [6.45, 7) is 22.8. The second-order valence-electron chi connectivity index (χ2n) is 10.6. The molecule has 0 aromatic heterocycles. The van der Waals surface area contributed by atoms with Crippen LogP contribution in [-0.2, 0) is 40.0 Å². The molecule has 0 radical (unpaired) electrons. The highest BCUT2D eigenvalue weighted by atomic mass is 16.6. The lowest BCUT2D eigenvalue weighted by molar-refractivity contribution is -0.156. The first-order valence-electron chi connectivity index (χ1n) is 16.2. The summed E-state index contributed by atoms with van der Waals surface area (Å²) in [5.41, 5.74) is 1.04. The van der Waals surface area contributed by atoms with E-state index in [9.17, 15) is 19.5 Å². The topological polar surface area (TPSA) is 133 Å². The first-order chi connectivity index (χ1) is 21.3. The zero-order valence-electron chi connectivity index (χ0n) is 30.1. The molecule has 1 atom stereocenters. The fourth-order valence-corrected chi connectivity index (χ4v) is 2.99. The van der Waals surface area contributed by atoms with Gasteiger partial charge in [-0.1, -0.05) is 97.3 Å². The maximum absolute atomic E-state index is 12.3. The van der Waals surface area contributed by atoms with Crippen LogP contribution in [0.3, 0.4) is 0 Å². The van der Waals surface area contributed by atoms with Gasteiger partial charge in [0, 0.05) is 25.5 Å². The summed E-state index contributed by atoms with van der Waals surface area (Å²) in [4.78, 5) is 45.2. The molecule has 10 heteroatoms. The molecule has 0 spiro atoms. The quantitative estimate of drug-likeness (QED) is 0.0597. The third kappa shape index (κ3) is 28.3. The normalized spacial score (nSPS) is 12.0. The van der Waals surface area contributed by atoms with Crippen LogP contribution in [0, 0.1) is 11.8 Å². The lowest BCUT2D eigenvalue weighted by Gasteiger charge is -2.18. The number of amides is 1. The van der Waals surface area contributed by atoms with Crippen molar-refractivity contribution in [2.24, 2.45) is 22.0 Å². The Balaban J connectivity index is -0.00000232. The third-order valence-electron chi connectivity index (χ3n) is 5.17. The molecule has 0 saturated carbocycles. The summed E-state index contributed by atoms with van der Waals surface area (Å²) in [6, 6.07) is 9.56. The average molecular weight is 639 g/mol. The van der Waals surface area contributed by atoms with Crippen molar-refractivity contribution in [2.75, 3.05) is 33.0 Å². The number of benzene rings is 1. The van der Waals surface area contributed by atoms with Crippen LogP contribution in [0.25, 0.3) is 0 Å². The van der Waals surface area contributed by atoms with Crippen molar-refractivity contribution in [3.63, 3.8) is 0 Å². The highest BCUT2D eigenvalue weighted by Crippen LogP contribution is 2.09. The molecule has 1 unspecified atom stereocenters. The molecule has 1 aromatic carbocycles. The Labute approximate surface area is 273 Å². The van der Waals surface area contributed by atoms with E-state index >= 15 is 0 Å². The van der Waals surface area contributed by atoms with Crippen molar-refractivity contribution >= 4 is 29.1 Å². The molecular formula is C35H62N2O8. The Hall–Kier alpha value is -2.95. The molecule has 0 heterocycles. The Morgan fingerprint density at radius 2 is 1.40 bits per heavy atom. The SMILES string of the molecule is CC.CC.CC(=O)N=C(CCOC/C(COCCC(=O)C(C)C(=O)OCC(C)(C)O)=N\OCc1ccccc1)C(C)C.CCC. The van der Waals surface area contributed by atoms with Gasteiger partial charge in [0.05, 0.1) is 32.0 Å². The third-order valence-corrected chi connectivity index (χ3v) is 5.17. The Morgan fingerprint density at radius 3 is 1.87 bits per heavy atom. The number of Topliss-reactive ketones (excluding diaryl/α,β-unsaturated/α-hetero) is 1. The van der Waals surface area contributed by atoms with Crippen molar-refractivity contribution < 1.29 is 38.5 Å². The van der Waals surface area contributed by atoms with E-state index in [1.807, 2.05) is 71.9 Å². The van der Waals surface area contributed by atoms with E-state index in [2.05, 4.69) is 24.0 Å². The van der Waals surface area contributed by atoms with Crippen molar-refractivity contribution in [1.29, 1.82) is 0 Å². The van der Waals surface area contributed by atoms with Gasteiger partial charge >= 0.3 is 5.97 Å². The van der Waals surface area contributed by atoms with Crippen LogP contribution in [0.4, 0.5) is 0 Å². The summed E-state index contributed by atoms with van der Waals surface area (Å²) in [5.74, 6) is -2.09. The number of nitrogens with zero attached hydrogens (tertiary/aromatic N) is 2. The molecule has 0 bridgehead atoms. The second-order valence-corrected chi connectivity index (χ2v) is 10.6. The smallest absolute Gasteiger partial charge is 0.316 e. The van der Waals surface area contributed by atoms with Gasteiger partial charge in [-0.25, -0.2) is 4.99 Å². The van der Waals surface area contributed by atoms with Gasteiger partial charge in [-0.3, -0.25) is 14.4 Å². The van der Waals surface area contributed by atoms with Crippen LogP contribution < -0.4 is 0 Å². The van der Waals surface area contributed by atoms with E-state index in [-0.39, 0.29) is 57.1 Å². The van der Waals surface area contributed by atoms with E-state index in [1.165, 1.54) is 34.1 Å². The van der Waals surface area contributed by atoms with Crippen LogP contribution in [0.1, 0.15) is 108 Å². The van der Waals surface area contributed by atoms with Crippen LogP contribution in [0.5, 0.6) is 0 Å². The fourth-order valence-electron chi connectivity index (χ4n) is 2.99. The molecule has 1 aromatic rings. The second kappa shape index (κ2) is 29.7. The molecule has 0 fully saturated rings. The molecule has 0 aliphatic carbocycles. The number of esters is 1. The van der Waals surface area contributed by atoms with E-state index in [1.54, 1.807) is 0 Å². The predicted octanol–water partition coefficient (Wildman–Crippen LogP) is 7.00. The first-order valence-corrected chi connectivity index (χ1v) is 16.2. The lowest BCUT2D eigenvalue weighted by atomic mass is 10.0. The monoisotopic (exact) mass is 638 g/mol. The standard InChI is InChI=1S/C28H42N2O8.C3H8.2C2H6/c1-20(2)25(29-22(4)31)12-14-35-17-24(30-38-16-23-10-8-7-9-11-23)18-36-15-13-26(32)21(3)27(33)37-19-28(5,6)34;1-3-2;2*1-2/h7-11,20-21,34H,12-19H2,1-6H3;3H2,1-2H3;2*1-2H3/b29-25?,30-24+;;;. The number of carbonyl (C=O) groups is 3. The maximum Gasteiger partial charge on any atom is 0.316 e. The number of aliphatic imine (C=N–C) groups is 1. The van der Waals surface area contributed by atoms with E-state index < -0.39 is 17.5 Å². The van der Waals surface area contributed by atoms with Crippen molar-refractivity contribution in [1.82, 2.24) is 0 Å². The number of oxime groups is 1. The Kier molecular flexibility index (Phi) is 30.7. The number of hydrogen-bond acceptors (Lipinski definition) is 9. The molecule has 260 valence electrons. The van der Waals surface area contributed by atoms with Gasteiger partial charge in [-0.05, 0) is 32.3 Å². The molecule has 0 aliphatic rings. The summed E-state index contributed by atoms with van der Waals surface area (Å²) in [5, 5.41) is 13.8. The summed E-state index contributed by atoms with van der Waals surface area (Å²) < 4.78 is 16.3. The number of carbonyl (C=O) groups excluding carboxylic acids is 3. The van der Waals surface area contributed by atoms with Gasteiger partial charge in [0.15, 0.2) is 0 Å². The van der Waals surface area contributed by atoms with Crippen molar-refractivity contribution in [3.8, 4) is 0 Å². The van der Waals surface area contributed by atoms with Gasteiger partial charge in [-0.15, -0.1) is 0 Å². The Bertz CT molecular complexity index is 954. The lowest BCUT2D eigenvalue weighted by Crippen LogP contribution is -2.32. The zero-order chi connectivity index (χ0) is 35.3. The largest absolute Gasteiger partial charge is 0.462 e. The number of hydrogen-bond donors (Lipinski definition) is 1. The summed E-state index contributed by atoms with van der Waals surface area (Å²) >= 11 is 0. The van der Waals surface area contributed by atoms with Crippen molar-refractivity contribution in [3.05, 3.63) is 35.9 Å². The summed E-state index contributed by atoms with van der Waals surface area (Å²) in [6.07, 6.45) is 1.77. The number of ketones is 1. The minimum absolute atomic E-state index is 0.0110. The fraction of sp³-hybridized carbons (Fsp3) is 0.686. The minimum atomic E-state index is -1.17.